The van der Waals surface area contributed by atoms with Crippen molar-refractivity contribution in [1.29, 1.82) is 0 Å². The van der Waals surface area contributed by atoms with Crippen molar-refractivity contribution in [3.8, 4) is 17.2 Å². The molecule has 0 N–H and O–H groups in total. The number of benzene rings is 2. The Balaban J connectivity index is 1.36. The molecule has 3 aromatic rings. The number of hydrogen-bond donors (Lipinski definition) is 0. The van der Waals surface area contributed by atoms with E-state index in [-0.39, 0.29) is 17.9 Å². The highest BCUT2D eigenvalue weighted by Crippen LogP contribution is 2.40. The van der Waals surface area contributed by atoms with Crippen LogP contribution in [0.5, 0.6) is 5.75 Å². The van der Waals surface area contributed by atoms with Gasteiger partial charge in [0.15, 0.2) is 5.82 Å². The van der Waals surface area contributed by atoms with Gasteiger partial charge in [0.2, 0.25) is 5.91 Å². The zero-order valence-corrected chi connectivity index (χ0v) is 15.7. The summed E-state index contributed by atoms with van der Waals surface area (Å²) in [6.07, 6.45) is 2.44. The van der Waals surface area contributed by atoms with Crippen LogP contribution in [0.15, 0.2) is 53.1 Å². The van der Waals surface area contributed by atoms with E-state index in [1.54, 1.807) is 7.11 Å². The fraction of sp³-hybridized carbons (Fsp3) is 0.318. The molecule has 1 amide bonds. The Morgan fingerprint density at radius 1 is 1.18 bits per heavy atom. The molecule has 0 saturated carbocycles. The lowest BCUT2D eigenvalue weighted by Gasteiger charge is -2.25. The Bertz CT molecular complexity index is 1030. The van der Waals surface area contributed by atoms with Gasteiger partial charge in [0.25, 0.3) is 5.89 Å². The van der Waals surface area contributed by atoms with Crippen molar-refractivity contribution in [3.05, 3.63) is 65.5 Å². The Kier molecular flexibility index (Phi) is 4.11. The molecule has 1 saturated heterocycles. The van der Waals surface area contributed by atoms with Gasteiger partial charge in [-0.2, -0.15) is 4.98 Å². The molecule has 5 rings (SSSR count). The molecule has 2 aromatic carbocycles. The summed E-state index contributed by atoms with van der Waals surface area (Å²) in [5.74, 6) is 1.91. The number of amides is 1. The van der Waals surface area contributed by atoms with Crippen LogP contribution in [0.3, 0.4) is 0 Å². The largest absolute Gasteiger partial charge is 0.497 e. The van der Waals surface area contributed by atoms with E-state index in [1.165, 1.54) is 11.1 Å². The number of hydrogen-bond acceptors (Lipinski definition) is 5. The summed E-state index contributed by atoms with van der Waals surface area (Å²) in [7, 11) is 1.62. The molecule has 0 radical (unpaired) electrons. The highest BCUT2D eigenvalue weighted by molar-refractivity contribution is 5.80. The molecule has 2 unspecified atom stereocenters. The van der Waals surface area contributed by atoms with Crippen LogP contribution in [0.4, 0.5) is 0 Å². The van der Waals surface area contributed by atoms with Gasteiger partial charge >= 0.3 is 0 Å². The van der Waals surface area contributed by atoms with Crippen molar-refractivity contribution < 1.29 is 14.1 Å². The van der Waals surface area contributed by atoms with Gasteiger partial charge < -0.3 is 14.2 Å². The number of nitrogens with zero attached hydrogens (tertiary/aromatic N) is 3. The third-order valence-corrected chi connectivity index (χ3v) is 5.76. The first-order valence-corrected chi connectivity index (χ1v) is 9.58. The maximum absolute atomic E-state index is 12.7. The second-order valence-corrected chi connectivity index (χ2v) is 7.39. The Morgan fingerprint density at radius 2 is 2.07 bits per heavy atom. The second-order valence-electron chi connectivity index (χ2n) is 7.39. The van der Waals surface area contributed by atoms with E-state index in [9.17, 15) is 4.79 Å². The van der Waals surface area contributed by atoms with Crippen LogP contribution in [0, 0.1) is 0 Å². The zero-order valence-electron chi connectivity index (χ0n) is 15.7. The van der Waals surface area contributed by atoms with Gasteiger partial charge in [0, 0.05) is 24.4 Å². The van der Waals surface area contributed by atoms with E-state index in [0.29, 0.717) is 24.7 Å². The number of methoxy groups -OCH3 is 1. The molecule has 0 spiro atoms. The van der Waals surface area contributed by atoms with E-state index in [1.807, 2.05) is 29.2 Å². The van der Waals surface area contributed by atoms with Crippen LogP contribution in [0.2, 0.25) is 0 Å². The van der Waals surface area contributed by atoms with Gasteiger partial charge in [-0.15, -0.1) is 0 Å². The molecule has 142 valence electrons. The number of aromatic nitrogens is 2. The minimum atomic E-state index is -0.0385. The van der Waals surface area contributed by atoms with Crippen LogP contribution in [0.1, 0.15) is 41.8 Å². The first-order valence-electron chi connectivity index (χ1n) is 9.58. The first-order chi connectivity index (χ1) is 13.7. The van der Waals surface area contributed by atoms with E-state index in [0.717, 1.165) is 24.2 Å². The van der Waals surface area contributed by atoms with Gasteiger partial charge in [-0.1, -0.05) is 35.5 Å². The van der Waals surface area contributed by atoms with Gasteiger partial charge in [-0.25, -0.2) is 0 Å². The summed E-state index contributed by atoms with van der Waals surface area (Å²) in [6, 6.07) is 16.1. The van der Waals surface area contributed by atoms with Crippen LogP contribution in [-0.2, 0) is 11.2 Å². The lowest BCUT2D eigenvalue weighted by Crippen LogP contribution is -2.28. The molecule has 28 heavy (non-hydrogen) atoms. The Hall–Kier alpha value is -3.15. The molecule has 6 heteroatoms. The molecule has 1 aliphatic carbocycles. The van der Waals surface area contributed by atoms with Gasteiger partial charge in [0.1, 0.15) is 5.75 Å². The van der Waals surface area contributed by atoms with Crippen molar-refractivity contribution in [2.75, 3.05) is 13.7 Å². The van der Waals surface area contributed by atoms with Crippen molar-refractivity contribution in [2.24, 2.45) is 0 Å². The SMILES string of the molecule is COc1cccc(-c2nc(C3CC(=O)N(C4CCc5ccccc54)C3)no2)c1. The number of fused-ring (bicyclic) bond motifs is 1. The number of aryl methyl sites for hydroxylation is 1. The topological polar surface area (TPSA) is 68.5 Å². The smallest absolute Gasteiger partial charge is 0.258 e. The third-order valence-electron chi connectivity index (χ3n) is 5.76. The molecule has 1 aromatic heterocycles. The Morgan fingerprint density at radius 3 is 2.96 bits per heavy atom. The van der Waals surface area contributed by atoms with E-state index in [2.05, 4.69) is 34.4 Å². The van der Waals surface area contributed by atoms with Crippen LogP contribution >= 0.6 is 0 Å². The number of rotatable bonds is 4. The van der Waals surface area contributed by atoms with Crippen LogP contribution in [0.25, 0.3) is 11.5 Å². The summed E-state index contributed by atoms with van der Waals surface area (Å²) >= 11 is 0. The summed E-state index contributed by atoms with van der Waals surface area (Å²) in [6.45, 7) is 0.634. The number of carbonyl (C=O) groups is 1. The zero-order chi connectivity index (χ0) is 19.1. The lowest BCUT2D eigenvalue weighted by molar-refractivity contribution is -0.129. The quantitative estimate of drug-likeness (QED) is 0.695. The minimum absolute atomic E-state index is 0.0385. The van der Waals surface area contributed by atoms with Gasteiger partial charge in [-0.3, -0.25) is 4.79 Å². The average molecular weight is 375 g/mol. The van der Waals surface area contributed by atoms with E-state index < -0.39 is 0 Å². The normalized spacial score (nSPS) is 21.2. The van der Waals surface area contributed by atoms with E-state index in [4.69, 9.17) is 9.26 Å². The third kappa shape index (κ3) is 2.85. The molecule has 1 fully saturated rings. The summed E-state index contributed by atoms with van der Waals surface area (Å²) in [5, 5.41) is 4.16. The summed E-state index contributed by atoms with van der Waals surface area (Å²) in [4.78, 5) is 19.3. The molecular formula is C22H21N3O3. The predicted molar refractivity (Wildman–Crippen MR) is 103 cm³/mol. The van der Waals surface area contributed by atoms with Crippen molar-refractivity contribution >= 4 is 5.91 Å². The number of likely N-dealkylation sites (tertiary alicyclic amines) is 1. The predicted octanol–water partition coefficient (Wildman–Crippen LogP) is 3.75. The highest BCUT2D eigenvalue weighted by Gasteiger charge is 2.39. The fourth-order valence-electron chi connectivity index (χ4n) is 4.34. The van der Waals surface area contributed by atoms with Crippen LogP contribution in [-0.4, -0.2) is 34.6 Å². The standard InChI is InChI=1S/C22H21N3O3/c1-27-17-7-4-6-15(11-17)22-23-21(24-28-22)16-12-20(26)25(13-16)19-10-9-14-5-2-3-8-18(14)19/h2-8,11,16,19H,9-10,12-13H2,1H3. The average Bonchev–Trinajstić information content (AvgIpc) is 3.46. The molecular weight excluding hydrogens is 354 g/mol. The summed E-state index contributed by atoms with van der Waals surface area (Å²) < 4.78 is 10.7. The lowest BCUT2D eigenvalue weighted by atomic mass is 10.1. The number of carbonyl (C=O) groups excluding carboxylic acids is 1. The van der Waals surface area contributed by atoms with E-state index >= 15 is 0 Å². The van der Waals surface area contributed by atoms with Crippen molar-refractivity contribution in [3.63, 3.8) is 0 Å². The van der Waals surface area contributed by atoms with Crippen molar-refractivity contribution in [2.45, 2.75) is 31.2 Å². The molecule has 2 atom stereocenters. The van der Waals surface area contributed by atoms with Gasteiger partial charge in [0.05, 0.1) is 13.2 Å². The minimum Gasteiger partial charge on any atom is -0.497 e. The maximum Gasteiger partial charge on any atom is 0.258 e. The Labute approximate surface area is 163 Å². The van der Waals surface area contributed by atoms with Crippen LogP contribution < -0.4 is 4.74 Å². The first kappa shape index (κ1) is 17.0. The molecule has 2 heterocycles. The second kappa shape index (κ2) is 6.78. The number of ether oxygens (including phenoxy) is 1. The molecule has 6 nitrogen and oxygen atoms in total. The highest BCUT2D eigenvalue weighted by atomic mass is 16.5. The summed E-state index contributed by atoms with van der Waals surface area (Å²) in [5.41, 5.74) is 3.44. The molecule has 2 aliphatic rings. The fourth-order valence-corrected chi connectivity index (χ4v) is 4.34. The van der Waals surface area contributed by atoms with Crippen molar-refractivity contribution in [1.82, 2.24) is 15.0 Å². The molecule has 1 aliphatic heterocycles. The maximum atomic E-state index is 12.7. The van der Waals surface area contributed by atoms with Gasteiger partial charge in [-0.05, 0) is 42.2 Å². The monoisotopic (exact) mass is 375 g/mol. The molecule has 0 bridgehead atoms.